The van der Waals surface area contributed by atoms with Gasteiger partial charge in [-0.2, -0.15) is 0 Å². The molecule has 1 heterocycles. The number of rotatable bonds is 5. The average Bonchev–Trinajstić information content (AvgIpc) is 2.46. The molecule has 1 unspecified atom stereocenters. The first-order valence-electron chi connectivity index (χ1n) is 5.16. The van der Waals surface area contributed by atoms with Crippen molar-refractivity contribution >= 4 is 11.8 Å². The van der Waals surface area contributed by atoms with E-state index in [4.69, 9.17) is 0 Å². The molecule has 0 aromatic rings. The van der Waals surface area contributed by atoms with Crippen LogP contribution in [-0.2, 0) is 9.59 Å². The van der Waals surface area contributed by atoms with Gasteiger partial charge in [0.1, 0.15) is 0 Å². The third-order valence-corrected chi connectivity index (χ3v) is 2.52. The smallest absolute Gasteiger partial charge is 0.229 e. The number of amides is 2. The van der Waals surface area contributed by atoms with Gasteiger partial charge in [0.25, 0.3) is 0 Å². The maximum absolute atomic E-state index is 11.4. The van der Waals surface area contributed by atoms with E-state index in [1.807, 2.05) is 0 Å². The first-order valence-corrected chi connectivity index (χ1v) is 5.16. The summed E-state index contributed by atoms with van der Waals surface area (Å²) in [5.41, 5.74) is 0. The van der Waals surface area contributed by atoms with Gasteiger partial charge in [0.2, 0.25) is 11.8 Å². The first-order chi connectivity index (χ1) is 6.70. The van der Waals surface area contributed by atoms with Crippen LogP contribution in [0.25, 0.3) is 0 Å². The van der Waals surface area contributed by atoms with Crippen LogP contribution >= 0.6 is 0 Å². The highest BCUT2D eigenvalue weighted by molar-refractivity contribution is 6.02. The van der Waals surface area contributed by atoms with E-state index in [0.717, 1.165) is 12.8 Å². The summed E-state index contributed by atoms with van der Waals surface area (Å²) < 4.78 is 0. The van der Waals surface area contributed by atoms with Crippen molar-refractivity contribution in [3.05, 3.63) is 12.7 Å². The number of imide groups is 1. The topological polar surface area (TPSA) is 37.4 Å². The molecule has 0 aromatic heterocycles. The van der Waals surface area contributed by atoms with Gasteiger partial charge < -0.3 is 0 Å². The lowest BCUT2D eigenvalue weighted by Gasteiger charge is -2.24. The van der Waals surface area contributed by atoms with Crippen LogP contribution < -0.4 is 0 Å². The molecule has 1 atom stereocenters. The Kier molecular flexibility index (Phi) is 3.86. The molecule has 0 saturated carbocycles. The molecule has 2 amide bonds. The second kappa shape index (κ2) is 4.94. The van der Waals surface area contributed by atoms with E-state index in [0.29, 0.717) is 19.3 Å². The van der Waals surface area contributed by atoms with Crippen molar-refractivity contribution in [2.24, 2.45) is 0 Å². The third-order valence-electron chi connectivity index (χ3n) is 2.52. The standard InChI is InChI=1S/C11H17NO2/c1-3-5-9(6-4-2)12-10(13)7-8-11(12)14/h3,9H,1,4-8H2,2H3. The monoisotopic (exact) mass is 195 g/mol. The molecule has 0 N–H and O–H groups in total. The maximum atomic E-state index is 11.4. The molecule has 0 spiro atoms. The highest BCUT2D eigenvalue weighted by atomic mass is 16.2. The van der Waals surface area contributed by atoms with Crippen LogP contribution in [0, 0.1) is 0 Å². The van der Waals surface area contributed by atoms with Gasteiger partial charge in [-0.25, -0.2) is 0 Å². The van der Waals surface area contributed by atoms with Gasteiger partial charge in [0, 0.05) is 18.9 Å². The summed E-state index contributed by atoms with van der Waals surface area (Å²) in [6, 6.07) is 0.0417. The van der Waals surface area contributed by atoms with Gasteiger partial charge in [0.05, 0.1) is 0 Å². The van der Waals surface area contributed by atoms with Crippen molar-refractivity contribution in [1.29, 1.82) is 0 Å². The predicted octanol–water partition coefficient (Wildman–Crippen LogP) is 1.88. The number of likely N-dealkylation sites (tertiary alicyclic amines) is 1. The van der Waals surface area contributed by atoms with Crippen molar-refractivity contribution < 1.29 is 9.59 Å². The Labute approximate surface area is 84.8 Å². The van der Waals surface area contributed by atoms with Gasteiger partial charge in [-0.15, -0.1) is 6.58 Å². The molecule has 0 aromatic carbocycles. The summed E-state index contributed by atoms with van der Waals surface area (Å²) in [5.74, 6) is -0.0365. The Morgan fingerprint density at radius 3 is 2.43 bits per heavy atom. The van der Waals surface area contributed by atoms with Crippen molar-refractivity contribution in [3.63, 3.8) is 0 Å². The molecule has 0 aliphatic carbocycles. The van der Waals surface area contributed by atoms with Crippen LogP contribution in [-0.4, -0.2) is 22.8 Å². The van der Waals surface area contributed by atoms with Gasteiger partial charge in [-0.3, -0.25) is 14.5 Å². The largest absolute Gasteiger partial charge is 0.279 e. The predicted molar refractivity (Wildman–Crippen MR) is 54.6 cm³/mol. The van der Waals surface area contributed by atoms with E-state index < -0.39 is 0 Å². The van der Waals surface area contributed by atoms with E-state index in [1.165, 1.54) is 4.90 Å². The van der Waals surface area contributed by atoms with Crippen LogP contribution in [0.5, 0.6) is 0 Å². The van der Waals surface area contributed by atoms with E-state index in [-0.39, 0.29) is 17.9 Å². The number of carbonyl (C=O) groups excluding carboxylic acids is 2. The van der Waals surface area contributed by atoms with E-state index in [9.17, 15) is 9.59 Å². The van der Waals surface area contributed by atoms with E-state index >= 15 is 0 Å². The molecule has 3 nitrogen and oxygen atoms in total. The molecule has 1 fully saturated rings. The Morgan fingerprint density at radius 2 is 2.00 bits per heavy atom. The zero-order valence-electron chi connectivity index (χ0n) is 8.66. The molecule has 3 heteroatoms. The number of hydrogen-bond donors (Lipinski definition) is 0. The fraction of sp³-hybridized carbons (Fsp3) is 0.636. The normalized spacial score (nSPS) is 18.8. The quantitative estimate of drug-likeness (QED) is 0.496. The molecule has 0 radical (unpaired) electrons. The molecule has 14 heavy (non-hydrogen) atoms. The van der Waals surface area contributed by atoms with Crippen molar-refractivity contribution in [2.45, 2.75) is 45.1 Å². The van der Waals surface area contributed by atoms with Crippen molar-refractivity contribution in [3.8, 4) is 0 Å². The number of carbonyl (C=O) groups is 2. The lowest BCUT2D eigenvalue weighted by atomic mass is 10.1. The summed E-state index contributed by atoms with van der Waals surface area (Å²) in [7, 11) is 0. The average molecular weight is 195 g/mol. The Balaban J connectivity index is 2.69. The summed E-state index contributed by atoms with van der Waals surface area (Å²) in [4.78, 5) is 24.3. The summed E-state index contributed by atoms with van der Waals surface area (Å²) in [5, 5.41) is 0. The summed E-state index contributed by atoms with van der Waals surface area (Å²) >= 11 is 0. The molecule has 1 saturated heterocycles. The Bertz CT molecular complexity index is 232. The zero-order chi connectivity index (χ0) is 10.6. The minimum absolute atomic E-state index is 0.0182. The van der Waals surface area contributed by atoms with Crippen LogP contribution in [0.3, 0.4) is 0 Å². The van der Waals surface area contributed by atoms with Crippen molar-refractivity contribution in [1.82, 2.24) is 4.90 Å². The fourth-order valence-electron chi connectivity index (χ4n) is 1.88. The third kappa shape index (κ3) is 2.22. The minimum Gasteiger partial charge on any atom is -0.279 e. The SMILES string of the molecule is C=CCC(CCC)N1C(=O)CCC1=O. The van der Waals surface area contributed by atoms with Gasteiger partial charge >= 0.3 is 0 Å². The van der Waals surface area contributed by atoms with Gasteiger partial charge in [0.15, 0.2) is 0 Å². The van der Waals surface area contributed by atoms with Crippen LogP contribution in [0.4, 0.5) is 0 Å². The second-order valence-corrected chi connectivity index (χ2v) is 3.62. The van der Waals surface area contributed by atoms with Gasteiger partial charge in [-0.1, -0.05) is 19.4 Å². The summed E-state index contributed by atoms with van der Waals surface area (Å²) in [6.07, 6.45) is 5.12. The van der Waals surface area contributed by atoms with Crippen LogP contribution in [0.2, 0.25) is 0 Å². The molecule has 78 valence electrons. The minimum atomic E-state index is -0.0182. The maximum Gasteiger partial charge on any atom is 0.229 e. The molecule has 1 aliphatic rings. The number of nitrogens with zero attached hydrogens (tertiary/aromatic N) is 1. The van der Waals surface area contributed by atoms with Crippen LogP contribution in [0.15, 0.2) is 12.7 Å². The summed E-state index contributed by atoms with van der Waals surface area (Å²) in [6.45, 7) is 5.71. The lowest BCUT2D eigenvalue weighted by Crippen LogP contribution is -2.39. The number of hydrogen-bond acceptors (Lipinski definition) is 2. The van der Waals surface area contributed by atoms with Crippen LogP contribution in [0.1, 0.15) is 39.0 Å². The first kappa shape index (κ1) is 11.0. The fourth-order valence-corrected chi connectivity index (χ4v) is 1.88. The Hall–Kier alpha value is -1.12. The molecular formula is C11H17NO2. The molecule has 1 rings (SSSR count). The molecule has 1 aliphatic heterocycles. The zero-order valence-corrected chi connectivity index (χ0v) is 8.66. The molecular weight excluding hydrogens is 178 g/mol. The van der Waals surface area contributed by atoms with E-state index in [1.54, 1.807) is 6.08 Å². The second-order valence-electron chi connectivity index (χ2n) is 3.62. The van der Waals surface area contributed by atoms with E-state index in [2.05, 4.69) is 13.5 Å². The Morgan fingerprint density at radius 1 is 1.43 bits per heavy atom. The van der Waals surface area contributed by atoms with Crippen molar-refractivity contribution in [2.75, 3.05) is 0 Å². The highest BCUT2D eigenvalue weighted by Gasteiger charge is 2.33. The molecule has 0 bridgehead atoms. The van der Waals surface area contributed by atoms with Gasteiger partial charge in [-0.05, 0) is 12.8 Å². The highest BCUT2D eigenvalue weighted by Crippen LogP contribution is 2.20. The lowest BCUT2D eigenvalue weighted by molar-refractivity contribution is -0.141.